The van der Waals surface area contributed by atoms with Crippen LogP contribution in [0.15, 0.2) is 11.6 Å². The van der Waals surface area contributed by atoms with E-state index in [1.807, 2.05) is 0 Å². The van der Waals surface area contributed by atoms with Crippen LogP contribution < -0.4 is 16.2 Å². The fraction of sp³-hybridized carbons (Fsp3) is 0.840. The number of amides is 2. The molecule has 3 N–H and O–H groups in total. The maximum atomic E-state index is 12.8. The molecule has 9 nitrogen and oxygen atoms in total. The Bertz CT molecular complexity index is 809. The van der Waals surface area contributed by atoms with Crippen molar-refractivity contribution < 1.29 is 33.0 Å². The number of carbonyl (C=O) groups excluding carboxylic acids is 2. The van der Waals surface area contributed by atoms with E-state index < -0.39 is 6.09 Å². The summed E-state index contributed by atoms with van der Waals surface area (Å²) >= 11 is 0. The number of hydrogen-bond acceptors (Lipinski definition) is 7. The van der Waals surface area contributed by atoms with Crippen molar-refractivity contribution in [3.8, 4) is 0 Å². The molecule has 6 atom stereocenters. The molecular weight excluding hydrogens is 457 g/mol. The highest BCUT2D eigenvalue weighted by atomic mass is 19.2. The molecule has 0 aromatic rings. The summed E-state index contributed by atoms with van der Waals surface area (Å²) in [4.78, 5) is 24.4. The van der Waals surface area contributed by atoms with E-state index >= 15 is 0 Å². The van der Waals surface area contributed by atoms with Crippen LogP contribution in [0.5, 0.6) is 0 Å². The van der Waals surface area contributed by atoms with Crippen molar-refractivity contribution in [3.63, 3.8) is 0 Å². The summed E-state index contributed by atoms with van der Waals surface area (Å²) in [6.45, 7) is 6.63. The molecule has 0 radical (unpaired) electrons. The molecule has 4 fully saturated rings. The van der Waals surface area contributed by atoms with Gasteiger partial charge in [0.2, 0.25) is 5.91 Å². The van der Waals surface area contributed by atoms with Crippen LogP contribution in [0.1, 0.15) is 65.7 Å². The third-order valence-electron chi connectivity index (χ3n) is 8.14. The van der Waals surface area contributed by atoms with E-state index in [4.69, 9.17) is 18.9 Å². The summed E-state index contributed by atoms with van der Waals surface area (Å²) in [6.07, 6.45) is 6.38. The van der Waals surface area contributed by atoms with E-state index in [1.54, 1.807) is 7.11 Å². The molecule has 2 amide bonds. The molecule has 35 heavy (non-hydrogen) atoms. The van der Waals surface area contributed by atoms with Crippen molar-refractivity contribution in [2.75, 3.05) is 20.3 Å². The zero-order valence-corrected chi connectivity index (χ0v) is 21.2. The number of halogens is 1. The van der Waals surface area contributed by atoms with Crippen molar-refractivity contribution in [2.24, 2.45) is 5.92 Å². The van der Waals surface area contributed by atoms with E-state index in [9.17, 15) is 14.1 Å². The number of alkyl carbamates (subject to hydrolysis) is 1. The molecule has 1 spiro atoms. The van der Waals surface area contributed by atoms with Gasteiger partial charge >= 0.3 is 6.09 Å². The van der Waals surface area contributed by atoms with Gasteiger partial charge in [-0.05, 0) is 65.7 Å². The Labute approximate surface area is 206 Å². The normalized spacial score (nSPS) is 40.0. The first-order valence-electron chi connectivity index (χ1n) is 12.8. The molecule has 2 aliphatic carbocycles. The van der Waals surface area contributed by atoms with Crippen LogP contribution in [-0.4, -0.2) is 73.9 Å². The Morgan fingerprint density at radius 2 is 1.77 bits per heavy atom. The summed E-state index contributed by atoms with van der Waals surface area (Å²) < 4.78 is 36.1. The summed E-state index contributed by atoms with van der Waals surface area (Å²) in [6, 6.07) is -0.0265. The highest BCUT2D eigenvalue weighted by molar-refractivity contribution is 5.78. The van der Waals surface area contributed by atoms with E-state index in [2.05, 4.69) is 37.5 Å². The third kappa shape index (κ3) is 5.98. The van der Waals surface area contributed by atoms with Crippen LogP contribution in [0.25, 0.3) is 0 Å². The Morgan fingerprint density at radius 3 is 2.34 bits per heavy atom. The molecule has 4 rings (SSSR count). The van der Waals surface area contributed by atoms with Gasteiger partial charge in [0.15, 0.2) is 0 Å². The monoisotopic (exact) mass is 497 g/mol. The lowest BCUT2D eigenvalue weighted by Crippen LogP contribution is -2.56. The van der Waals surface area contributed by atoms with Crippen molar-refractivity contribution in [1.29, 1.82) is 0 Å². The van der Waals surface area contributed by atoms with Gasteiger partial charge in [0.25, 0.3) is 0 Å². The van der Waals surface area contributed by atoms with E-state index in [-0.39, 0.29) is 60.0 Å². The molecule has 10 heteroatoms. The van der Waals surface area contributed by atoms with Crippen molar-refractivity contribution in [3.05, 3.63) is 11.6 Å². The van der Waals surface area contributed by atoms with Gasteiger partial charge in [0.1, 0.15) is 30.0 Å². The number of allylic oxidation sites excluding steroid dienone is 1. The van der Waals surface area contributed by atoms with Gasteiger partial charge in [-0.2, -0.15) is 0 Å². The number of methoxy groups -OCH3 is 1. The maximum absolute atomic E-state index is 12.8. The minimum absolute atomic E-state index is 0.00445. The minimum Gasteiger partial charge on any atom is -0.443 e. The fourth-order valence-corrected chi connectivity index (χ4v) is 6.13. The van der Waals surface area contributed by atoms with Gasteiger partial charge in [-0.3, -0.25) is 4.79 Å². The Morgan fingerprint density at radius 1 is 1.11 bits per heavy atom. The first kappa shape index (κ1) is 26.3. The Hall–Kier alpha value is -1.75. The lowest BCUT2D eigenvalue weighted by molar-refractivity contribution is -0.121. The molecule has 0 aromatic carbocycles. The van der Waals surface area contributed by atoms with Crippen LogP contribution >= 0.6 is 0 Å². The first-order valence-corrected chi connectivity index (χ1v) is 12.8. The third-order valence-corrected chi connectivity index (χ3v) is 8.14. The lowest BCUT2D eigenvalue weighted by Gasteiger charge is -2.42. The predicted molar refractivity (Wildman–Crippen MR) is 126 cm³/mol. The van der Waals surface area contributed by atoms with E-state index in [0.29, 0.717) is 13.0 Å². The zero-order valence-electron chi connectivity index (χ0n) is 21.2. The summed E-state index contributed by atoms with van der Waals surface area (Å²) in [5.74, 6) is -0.380. The quantitative estimate of drug-likeness (QED) is 0.255. The van der Waals surface area contributed by atoms with Crippen LogP contribution in [0, 0.1) is 5.92 Å². The highest BCUT2D eigenvalue weighted by Crippen LogP contribution is 2.59. The summed E-state index contributed by atoms with van der Waals surface area (Å²) in [5.41, 5.74) is 1.99. The second kappa shape index (κ2) is 10.7. The largest absolute Gasteiger partial charge is 0.443 e. The Kier molecular flexibility index (Phi) is 8.05. The highest BCUT2D eigenvalue weighted by Gasteiger charge is 2.72. The van der Waals surface area contributed by atoms with E-state index in [0.717, 1.165) is 38.5 Å². The zero-order chi connectivity index (χ0) is 25.2. The number of rotatable bonds is 9. The smallest absolute Gasteiger partial charge is 0.407 e. The van der Waals surface area contributed by atoms with Crippen LogP contribution in [0.3, 0.4) is 0 Å². The summed E-state index contributed by atoms with van der Waals surface area (Å²) in [7, 11) is 1.66. The molecule has 0 bridgehead atoms. The topological polar surface area (TPSA) is 114 Å². The fourth-order valence-electron chi connectivity index (χ4n) is 6.13. The van der Waals surface area contributed by atoms with Crippen molar-refractivity contribution in [1.82, 2.24) is 16.2 Å². The number of epoxide rings is 2. The molecular formula is C25H40FN3O6. The SMILES string of the molecule is COC1C(OC(=O)NC2CCC(NC(=O)CNF)CC2)CC[C@]2(CO2)C1[C@]1(C)O[C@@H]1CC=C(C)C. The standard InChI is InChI=1S/C25H40FN3O6/c1-15(2)5-10-19-24(3,35-19)22-21(32-4)18(11-12-25(22)14-33-25)34-23(31)29-17-8-6-16(7-9-17)28-20(30)13-27-26/h5,16-19,21-22,27H,6-14H2,1-4H3,(H,28,30)(H,29,31)/t16?,17?,18?,19-,21?,22?,24-,25+/m1/s1. The average molecular weight is 498 g/mol. The molecule has 4 aliphatic rings. The first-order chi connectivity index (χ1) is 16.7. The predicted octanol–water partition coefficient (Wildman–Crippen LogP) is 2.69. The number of hydrogen-bond donors (Lipinski definition) is 3. The molecule has 3 unspecified atom stereocenters. The summed E-state index contributed by atoms with van der Waals surface area (Å²) in [5, 5.41) is 5.79. The van der Waals surface area contributed by atoms with Gasteiger partial charge in [0.05, 0.1) is 18.6 Å². The van der Waals surface area contributed by atoms with Gasteiger partial charge in [-0.25, -0.2) is 4.79 Å². The number of nitrogens with one attached hydrogen (secondary N) is 3. The molecule has 198 valence electrons. The minimum atomic E-state index is -0.444. The van der Waals surface area contributed by atoms with E-state index in [1.165, 1.54) is 11.1 Å². The van der Waals surface area contributed by atoms with Gasteiger partial charge < -0.3 is 29.6 Å². The van der Waals surface area contributed by atoms with Crippen LogP contribution in [0.4, 0.5) is 9.28 Å². The lowest BCUT2D eigenvalue weighted by atomic mass is 9.68. The molecule has 2 heterocycles. The molecule has 2 saturated heterocycles. The maximum Gasteiger partial charge on any atom is 0.407 e. The van der Waals surface area contributed by atoms with Gasteiger partial charge in [-0.1, -0.05) is 11.6 Å². The second-order valence-electron chi connectivity index (χ2n) is 10.9. The molecule has 2 aliphatic heterocycles. The van der Waals surface area contributed by atoms with Gasteiger partial charge in [0, 0.05) is 19.2 Å². The average Bonchev–Trinajstić information content (AvgIpc) is 3.72. The Balaban J connectivity index is 1.30. The number of ether oxygens (including phenoxy) is 4. The van der Waals surface area contributed by atoms with Gasteiger partial charge in [-0.15, -0.1) is 10.0 Å². The molecule has 0 aromatic heterocycles. The van der Waals surface area contributed by atoms with Crippen LogP contribution in [0.2, 0.25) is 0 Å². The second-order valence-corrected chi connectivity index (χ2v) is 10.9. The number of carbonyl (C=O) groups is 2. The van der Waals surface area contributed by atoms with Crippen molar-refractivity contribution >= 4 is 12.0 Å². The van der Waals surface area contributed by atoms with Crippen molar-refractivity contribution in [2.45, 2.75) is 107 Å². The molecule has 2 saturated carbocycles. The van der Waals surface area contributed by atoms with Crippen LogP contribution in [-0.2, 0) is 23.7 Å².